The number of carbonyl (C=O) groups excluding carboxylic acids is 3. The number of amides is 3. The largest absolute Gasteiger partial charge is 0.444 e. The van der Waals surface area contributed by atoms with Gasteiger partial charge >= 0.3 is 6.09 Å². The zero-order valence-electron chi connectivity index (χ0n) is 24.3. The lowest BCUT2D eigenvalue weighted by atomic mass is 10.1. The van der Waals surface area contributed by atoms with Crippen LogP contribution < -0.4 is 16.0 Å². The molecular formula is C32H34N6O4. The van der Waals surface area contributed by atoms with Crippen molar-refractivity contribution in [2.75, 3.05) is 24.7 Å². The molecule has 0 saturated carbocycles. The summed E-state index contributed by atoms with van der Waals surface area (Å²) in [6.45, 7) is 5.57. The van der Waals surface area contributed by atoms with E-state index in [1.807, 2.05) is 36.4 Å². The fraction of sp³-hybridized carbons (Fsp3) is 0.219. The maximum Gasteiger partial charge on any atom is 0.412 e. The molecule has 0 aliphatic heterocycles. The van der Waals surface area contributed by atoms with Crippen LogP contribution in [0.2, 0.25) is 0 Å². The Hall–Kier alpha value is -5.25. The van der Waals surface area contributed by atoms with Crippen molar-refractivity contribution in [3.63, 3.8) is 0 Å². The van der Waals surface area contributed by atoms with Crippen molar-refractivity contribution in [3.8, 4) is 11.1 Å². The molecule has 0 spiro atoms. The zero-order chi connectivity index (χ0) is 30.3. The summed E-state index contributed by atoms with van der Waals surface area (Å²) < 4.78 is 5.26. The topological polar surface area (TPSA) is 126 Å². The van der Waals surface area contributed by atoms with Gasteiger partial charge in [0.05, 0.1) is 24.1 Å². The van der Waals surface area contributed by atoms with Crippen LogP contribution in [0.25, 0.3) is 11.1 Å². The Kier molecular flexibility index (Phi) is 9.16. The van der Waals surface area contributed by atoms with Gasteiger partial charge in [0.2, 0.25) is 0 Å². The summed E-state index contributed by atoms with van der Waals surface area (Å²) in [6.07, 6.45) is 2.84. The van der Waals surface area contributed by atoms with Gasteiger partial charge in [-0.25, -0.2) is 9.78 Å². The number of nitrogens with one attached hydrogen (secondary N) is 3. The molecule has 0 bridgehead atoms. The van der Waals surface area contributed by atoms with Gasteiger partial charge < -0.3 is 20.3 Å². The van der Waals surface area contributed by atoms with Crippen LogP contribution in [0.15, 0.2) is 85.2 Å². The Balaban J connectivity index is 1.29. The second-order valence-electron chi connectivity index (χ2n) is 10.8. The Bertz CT molecular complexity index is 1540. The molecule has 0 fully saturated rings. The van der Waals surface area contributed by atoms with Crippen LogP contribution in [0, 0.1) is 0 Å². The van der Waals surface area contributed by atoms with E-state index in [1.54, 1.807) is 88.6 Å². The number of benzene rings is 2. The summed E-state index contributed by atoms with van der Waals surface area (Å²) in [7, 11) is 3.45. The fourth-order valence-electron chi connectivity index (χ4n) is 3.89. The maximum atomic E-state index is 12.7. The molecule has 0 radical (unpaired) electrons. The Labute approximate surface area is 245 Å². The summed E-state index contributed by atoms with van der Waals surface area (Å²) in [5.74, 6) is 0.316. The quantitative estimate of drug-likeness (QED) is 0.244. The van der Waals surface area contributed by atoms with E-state index in [0.717, 1.165) is 16.8 Å². The minimum atomic E-state index is -0.623. The van der Waals surface area contributed by atoms with Gasteiger partial charge in [-0.15, -0.1) is 0 Å². The first-order chi connectivity index (χ1) is 20.0. The molecule has 10 nitrogen and oxygen atoms in total. The average Bonchev–Trinajstić information content (AvgIpc) is 2.96. The summed E-state index contributed by atoms with van der Waals surface area (Å²) in [4.78, 5) is 47.2. The SMILES string of the molecule is CN(C)C(=O)c1ccc(-c2ccc(Nc3ccc(CNC(=O)c4cccc(NC(=O)OC(C)(C)C)c4)nc3)nc2)cc1. The number of hydrogen-bond acceptors (Lipinski definition) is 7. The minimum absolute atomic E-state index is 0.0410. The molecule has 42 heavy (non-hydrogen) atoms. The van der Waals surface area contributed by atoms with Crippen molar-refractivity contribution >= 4 is 35.1 Å². The molecule has 3 N–H and O–H groups in total. The highest BCUT2D eigenvalue weighted by Gasteiger charge is 2.17. The van der Waals surface area contributed by atoms with E-state index >= 15 is 0 Å². The van der Waals surface area contributed by atoms with Gasteiger partial charge in [0.15, 0.2) is 0 Å². The molecule has 0 saturated heterocycles. The molecule has 2 heterocycles. The third kappa shape index (κ3) is 8.37. The van der Waals surface area contributed by atoms with Crippen LogP contribution in [-0.4, -0.2) is 52.5 Å². The average molecular weight is 567 g/mol. The molecule has 0 unspecified atom stereocenters. The lowest BCUT2D eigenvalue weighted by Crippen LogP contribution is -2.27. The van der Waals surface area contributed by atoms with E-state index < -0.39 is 11.7 Å². The van der Waals surface area contributed by atoms with Crippen LogP contribution >= 0.6 is 0 Å². The molecule has 0 atom stereocenters. The molecule has 10 heteroatoms. The van der Waals surface area contributed by atoms with E-state index in [0.29, 0.717) is 28.3 Å². The summed E-state index contributed by atoms with van der Waals surface area (Å²) in [5, 5.41) is 8.69. The van der Waals surface area contributed by atoms with Gasteiger partial charge in [-0.05, 0) is 80.9 Å². The van der Waals surface area contributed by atoms with Gasteiger partial charge in [-0.3, -0.25) is 19.9 Å². The van der Waals surface area contributed by atoms with Crippen LogP contribution in [-0.2, 0) is 11.3 Å². The Morgan fingerprint density at radius 3 is 2.17 bits per heavy atom. The predicted molar refractivity (Wildman–Crippen MR) is 163 cm³/mol. The van der Waals surface area contributed by atoms with Crippen molar-refractivity contribution in [3.05, 3.63) is 102 Å². The van der Waals surface area contributed by atoms with Crippen molar-refractivity contribution in [1.82, 2.24) is 20.2 Å². The second kappa shape index (κ2) is 12.9. The number of nitrogens with zero attached hydrogens (tertiary/aromatic N) is 3. The van der Waals surface area contributed by atoms with Crippen LogP contribution in [0.3, 0.4) is 0 Å². The van der Waals surface area contributed by atoms with Crippen molar-refractivity contribution in [1.29, 1.82) is 0 Å². The monoisotopic (exact) mass is 566 g/mol. The van der Waals surface area contributed by atoms with E-state index in [4.69, 9.17) is 4.74 Å². The number of anilines is 3. The number of hydrogen-bond donors (Lipinski definition) is 3. The van der Waals surface area contributed by atoms with E-state index in [-0.39, 0.29) is 18.4 Å². The molecule has 3 amide bonds. The number of pyridine rings is 2. The lowest BCUT2D eigenvalue weighted by Gasteiger charge is -2.19. The first-order valence-electron chi connectivity index (χ1n) is 13.4. The number of carbonyl (C=O) groups is 3. The first kappa shape index (κ1) is 29.7. The zero-order valence-corrected chi connectivity index (χ0v) is 24.3. The van der Waals surface area contributed by atoms with E-state index in [2.05, 4.69) is 25.9 Å². The van der Waals surface area contributed by atoms with Gasteiger partial charge in [0.1, 0.15) is 11.4 Å². The predicted octanol–water partition coefficient (Wildman–Crippen LogP) is 5.87. The number of ether oxygens (including phenoxy) is 1. The second-order valence-corrected chi connectivity index (χ2v) is 10.8. The maximum absolute atomic E-state index is 12.7. The lowest BCUT2D eigenvalue weighted by molar-refractivity contribution is 0.0635. The molecular weight excluding hydrogens is 532 g/mol. The molecule has 0 aliphatic rings. The standard InChI is InChI=1S/C32H34N6O4/c1-32(2,3)42-31(41)37-25-8-6-7-23(17-25)29(39)35-19-26-14-15-27(20-33-26)36-28-16-13-24(18-34-28)21-9-11-22(12-10-21)30(40)38(4)5/h6-18,20H,19H2,1-5H3,(H,34,36)(H,35,39)(H,37,41). The molecule has 2 aromatic heterocycles. The number of rotatable bonds is 8. The van der Waals surface area contributed by atoms with E-state index in [1.165, 1.54) is 0 Å². The molecule has 0 aliphatic carbocycles. The molecule has 2 aromatic carbocycles. The fourth-order valence-corrected chi connectivity index (χ4v) is 3.89. The van der Waals surface area contributed by atoms with E-state index in [9.17, 15) is 14.4 Å². The first-order valence-corrected chi connectivity index (χ1v) is 13.4. The molecule has 216 valence electrons. The highest BCUT2D eigenvalue weighted by molar-refractivity contribution is 5.96. The van der Waals surface area contributed by atoms with Crippen molar-refractivity contribution < 1.29 is 19.1 Å². The molecule has 4 aromatic rings. The Morgan fingerprint density at radius 1 is 0.810 bits per heavy atom. The summed E-state index contributed by atoms with van der Waals surface area (Å²) >= 11 is 0. The van der Waals surface area contributed by atoms with Gasteiger partial charge in [-0.1, -0.05) is 18.2 Å². The van der Waals surface area contributed by atoms with Crippen LogP contribution in [0.4, 0.5) is 22.0 Å². The van der Waals surface area contributed by atoms with Crippen molar-refractivity contribution in [2.45, 2.75) is 32.9 Å². The van der Waals surface area contributed by atoms with Crippen LogP contribution in [0.1, 0.15) is 47.2 Å². The van der Waals surface area contributed by atoms with Gasteiger partial charge in [0, 0.05) is 42.7 Å². The summed E-state index contributed by atoms with van der Waals surface area (Å²) in [5.41, 5.74) is 4.18. The van der Waals surface area contributed by atoms with Gasteiger partial charge in [-0.2, -0.15) is 0 Å². The smallest absolute Gasteiger partial charge is 0.412 e. The normalized spacial score (nSPS) is 10.9. The van der Waals surface area contributed by atoms with Crippen molar-refractivity contribution in [2.24, 2.45) is 0 Å². The number of aromatic nitrogens is 2. The van der Waals surface area contributed by atoms with Crippen LogP contribution in [0.5, 0.6) is 0 Å². The molecule has 4 rings (SSSR count). The third-order valence-electron chi connectivity index (χ3n) is 5.93. The Morgan fingerprint density at radius 2 is 1.55 bits per heavy atom. The minimum Gasteiger partial charge on any atom is -0.444 e. The highest BCUT2D eigenvalue weighted by atomic mass is 16.6. The van der Waals surface area contributed by atoms with Gasteiger partial charge in [0.25, 0.3) is 11.8 Å². The third-order valence-corrected chi connectivity index (χ3v) is 5.93. The highest BCUT2D eigenvalue weighted by Crippen LogP contribution is 2.22. The summed E-state index contributed by atoms with van der Waals surface area (Å²) in [6, 6.07) is 21.5.